The van der Waals surface area contributed by atoms with Gasteiger partial charge in [0, 0.05) is 49.5 Å². The van der Waals surface area contributed by atoms with Crippen LogP contribution in [0, 0.1) is 0 Å². The zero-order chi connectivity index (χ0) is 27.8. The molecule has 1 aliphatic rings. The molecule has 4 N–H and O–H groups in total. The van der Waals surface area contributed by atoms with Gasteiger partial charge in [-0.05, 0) is 55.2 Å². The number of amides is 2. The second-order valence-electron chi connectivity index (χ2n) is 9.63. The Labute approximate surface area is 239 Å². The van der Waals surface area contributed by atoms with Crippen LogP contribution in [0.15, 0.2) is 66.7 Å². The van der Waals surface area contributed by atoms with Gasteiger partial charge in [-0.2, -0.15) is 0 Å². The van der Waals surface area contributed by atoms with Gasteiger partial charge in [-0.25, -0.2) is 0 Å². The third kappa shape index (κ3) is 7.73. The van der Waals surface area contributed by atoms with E-state index < -0.39 is 12.1 Å². The first kappa shape index (κ1) is 28.9. The van der Waals surface area contributed by atoms with Crippen LogP contribution in [0.5, 0.6) is 0 Å². The van der Waals surface area contributed by atoms with Crippen LogP contribution in [0.2, 0.25) is 10.0 Å². The number of hydrogen-bond donors (Lipinski definition) is 4. The first-order valence-corrected chi connectivity index (χ1v) is 14.0. The standard InChI is InChI=1S/C30H34Cl2N4O3/c1-2-34-23-15-22(16-24(17-23)36-13-7-12-28(36)38)30(39)35-26(14-20-8-4-3-5-9-20)27(37)19-33-18-21-10-6-11-25(31)29(21)32/h3-6,8-11,15-17,26-27,33-34,37H,2,7,12-14,18-19H2,1H3,(H,35,39)/t26-,27-/m0/s1. The molecule has 0 aromatic heterocycles. The van der Waals surface area contributed by atoms with Crippen LogP contribution in [0.3, 0.4) is 0 Å². The Morgan fingerprint density at radius 1 is 1.08 bits per heavy atom. The Bertz CT molecular complexity index is 1290. The summed E-state index contributed by atoms with van der Waals surface area (Å²) in [4.78, 5) is 27.6. The number of aliphatic hydroxyl groups is 1. The highest BCUT2D eigenvalue weighted by atomic mass is 35.5. The van der Waals surface area contributed by atoms with Crippen molar-refractivity contribution in [3.05, 3.63) is 93.5 Å². The molecule has 1 saturated heterocycles. The molecule has 206 valence electrons. The van der Waals surface area contributed by atoms with E-state index in [1.54, 1.807) is 23.1 Å². The molecule has 39 heavy (non-hydrogen) atoms. The molecule has 1 heterocycles. The van der Waals surface area contributed by atoms with E-state index in [0.717, 1.165) is 23.2 Å². The van der Waals surface area contributed by atoms with Crippen molar-refractivity contribution < 1.29 is 14.7 Å². The summed E-state index contributed by atoms with van der Waals surface area (Å²) < 4.78 is 0. The predicted octanol–water partition coefficient (Wildman–Crippen LogP) is 5.04. The largest absolute Gasteiger partial charge is 0.390 e. The Morgan fingerprint density at radius 2 is 1.87 bits per heavy atom. The van der Waals surface area contributed by atoms with Gasteiger partial charge in [0.1, 0.15) is 0 Å². The second kappa shape index (κ2) is 13.8. The summed E-state index contributed by atoms with van der Waals surface area (Å²) >= 11 is 12.4. The van der Waals surface area contributed by atoms with Gasteiger partial charge < -0.3 is 26.0 Å². The summed E-state index contributed by atoms with van der Waals surface area (Å²) in [7, 11) is 0. The third-order valence-corrected chi connectivity index (χ3v) is 7.58. The van der Waals surface area contributed by atoms with Crippen molar-refractivity contribution in [3.8, 4) is 0 Å². The number of nitrogens with zero attached hydrogens (tertiary/aromatic N) is 1. The fraction of sp³-hybridized carbons (Fsp3) is 0.333. The van der Waals surface area contributed by atoms with Gasteiger partial charge in [0.2, 0.25) is 5.91 Å². The maximum absolute atomic E-state index is 13.5. The van der Waals surface area contributed by atoms with Crippen molar-refractivity contribution in [2.24, 2.45) is 0 Å². The number of aliphatic hydroxyl groups excluding tert-OH is 1. The molecule has 0 bridgehead atoms. The topological polar surface area (TPSA) is 93.7 Å². The highest BCUT2D eigenvalue weighted by Crippen LogP contribution is 2.27. The SMILES string of the molecule is CCNc1cc(C(=O)N[C@@H](Cc2ccccc2)[C@@H](O)CNCc2cccc(Cl)c2Cl)cc(N2CCCC2=O)c1. The molecule has 2 atom stereocenters. The number of nitrogens with one attached hydrogen (secondary N) is 3. The quantitative estimate of drug-likeness (QED) is 0.245. The lowest BCUT2D eigenvalue weighted by Crippen LogP contribution is -2.48. The lowest BCUT2D eigenvalue weighted by atomic mass is 10.00. The maximum Gasteiger partial charge on any atom is 0.251 e. The first-order valence-electron chi connectivity index (χ1n) is 13.2. The number of carbonyl (C=O) groups is 2. The third-order valence-electron chi connectivity index (χ3n) is 6.73. The fourth-order valence-corrected chi connectivity index (χ4v) is 5.10. The number of rotatable bonds is 12. The molecule has 4 rings (SSSR count). The minimum atomic E-state index is -0.885. The maximum atomic E-state index is 13.5. The monoisotopic (exact) mass is 568 g/mol. The molecule has 9 heteroatoms. The van der Waals surface area contributed by atoms with E-state index in [1.807, 2.05) is 55.5 Å². The molecule has 0 radical (unpaired) electrons. The molecule has 3 aromatic carbocycles. The van der Waals surface area contributed by atoms with Crippen LogP contribution in [-0.4, -0.2) is 48.7 Å². The number of benzene rings is 3. The summed E-state index contributed by atoms with van der Waals surface area (Å²) in [6, 6.07) is 20.0. The van der Waals surface area contributed by atoms with Gasteiger partial charge in [0.25, 0.3) is 5.91 Å². The average molecular weight is 570 g/mol. The average Bonchev–Trinajstić information content (AvgIpc) is 3.37. The number of carbonyl (C=O) groups excluding carboxylic acids is 2. The highest BCUT2D eigenvalue weighted by Gasteiger charge is 2.26. The van der Waals surface area contributed by atoms with Crippen molar-refractivity contribution >= 4 is 46.4 Å². The molecular formula is C30H34Cl2N4O3. The normalized spacial score (nSPS) is 14.8. The summed E-state index contributed by atoms with van der Waals surface area (Å²) in [5, 5.41) is 21.6. The van der Waals surface area contributed by atoms with Crippen LogP contribution in [-0.2, 0) is 17.8 Å². The van der Waals surface area contributed by atoms with E-state index in [9.17, 15) is 14.7 Å². The minimum absolute atomic E-state index is 0.0539. The van der Waals surface area contributed by atoms with Crippen LogP contribution in [0.25, 0.3) is 0 Å². The summed E-state index contributed by atoms with van der Waals surface area (Å²) in [5.41, 5.74) is 3.70. The van der Waals surface area contributed by atoms with Crippen LogP contribution in [0.1, 0.15) is 41.3 Å². The first-order chi connectivity index (χ1) is 18.9. The molecule has 1 aliphatic heterocycles. The van der Waals surface area contributed by atoms with Gasteiger partial charge in [-0.1, -0.05) is 65.7 Å². The minimum Gasteiger partial charge on any atom is -0.390 e. The molecule has 0 spiro atoms. The Kier molecular flexibility index (Phi) is 10.2. The van der Waals surface area contributed by atoms with Gasteiger partial charge in [-0.3, -0.25) is 9.59 Å². The Balaban J connectivity index is 1.51. The summed E-state index contributed by atoms with van der Waals surface area (Å²) in [6.07, 6.45) is 0.859. The molecule has 7 nitrogen and oxygen atoms in total. The predicted molar refractivity (Wildman–Crippen MR) is 158 cm³/mol. The zero-order valence-corrected chi connectivity index (χ0v) is 23.4. The van der Waals surface area contributed by atoms with E-state index in [4.69, 9.17) is 23.2 Å². The molecular weight excluding hydrogens is 535 g/mol. The molecule has 0 unspecified atom stereocenters. The van der Waals surface area contributed by atoms with E-state index in [-0.39, 0.29) is 18.4 Å². The van der Waals surface area contributed by atoms with E-state index >= 15 is 0 Å². The van der Waals surface area contributed by atoms with Crippen molar-refractivity contribution in [2.75, 3.05) is 29.9 Å². The van der Waals surface area contributed by atoms with Gasteiger partial charge >= 0.3 is 0 Å². The van der Waals surface area contributed by atoms with Crippen LogP contribution >= 0.6 is 23.2 Å². The lowest BCUT2D eigenvalue weighted by molar-refractivity contribution is -0.117. The molecule has 1 fully saturated rings. The Hall–Kier alpha value is -3.10. The molecule has 0 aliphatic carbocycles. The zero-order valence-electron chi connectivity index (χ0n) is 21.9. The van der Waals surface area contributed by atoms with E-state index in [1.165, 1.54) is 0 Å². The number of halogens is 2. The summed E-state index contributed by atoms with van der Waals surface area (Å²) in [6.45, 7) is 3.93. The van der Waals surface area contributed by atoms with Crippen molar-refractivity contribution in [1.82, 2.24) is 10.6 Å². The smallest absolute Gasteiger partial charge is 0.251 e. The van der Waals surface area contributed by atoms with Crippen molar-refractivity contribution in [3.63, 3.8) is 0 Å². The van der Waals surface area contributed by atoms with E-state index in [0.29, 0.717) is 53.8 Å². The fourth-order valence-electron chi connectivity index (χ4n) is 4.71. The highest BCUT2D eigenvalue weighted by molar-refractivity contribution is 6.42. The summed E-state index contributed by atoms with van der Waals surface area (Å²) in [5.74, 6) is -0.265. The van der Waals surface area contributed by atoms with Crippen molar-refractivity contribution in [2.45, 2.75) is 44.9 Å². The van der Waals surface area contributed by atoms with Gasteiger partial charge in [0.05, 0.1) is 22.2 Å². The van der Waals surface area contributed by atoms with E-state index in [2.05, 4.69) is 16.0 Å². The number of hydrogen-bond acceptors (Lipinski definition) is 5. The van der Waals surface area contributed by atoms with Gasteiger partial charge in [0.15, 0.2) is 0 Å². The molecule has 2 amide bonds. The van der Waals surface area contributed by atoms with Crippen LogP contribution < -0.4 is 20.9 Å². The van der Waals surface area contributed by atoms with Gasteiger partial charge in [-0.15, -0.1) is 0 Å². The molecule has 0 saturated carbocycles. The van der Waals surface area contributed by atoms with Crippen molar-refractivity contribution in [1.29, 1.82) is 0 Å². The second-order valence-corrected chi connectivity index (χ2v) is 10.4. The lowest BCUT2D eigenvalue weighted by Gasteiger charge is -2.26. The molecule has 3 aromatic rings. The number of anilines is 2. The van der Waals surface area contributed by atoms with Crippen LogP contribution in [0.4, 0.5) is 11.4 Å². The Morgan fingerprint density at radius 3 is 2.59 bits per heavy atom.